The van der Waals surface area contributed by atoms with Crippen LogP contribution in [0.2, 0.25) is 0 Å². The summed E-state index contributed by atoms with van der Waals surface area (Å²) in [5.74, 6) is 0.385. The smallest absolute Gasteiger partial charge is 0.309 e. The number of ether oxygens (including phenoxy) is 3. The molecule has 4 heteroatoms. The molecule has 1 saturated carbocycles. The highest BCUT2D eigenvalue weighted by Gasteiger charge is 2.32. The molecule has 1 aliphatic rings. The van der Waals surface area contributed by atoms with Crippen LogP contribution in [-0.4, -0.2) is 32.6 Å². The largest absolute Gasteiger partial charge is 0.466 e. The van der Waals surface area contributed by atoms with Gasteiger partial charge in [0.2, 0.25) is 0 Å². The van der Waals surface area contributed by atoms with Crippen LogP contribution in [0.1, 0.15) is 52.4 Å². The molecule has 0 bridgehead atoms. The van der Waals surface area contributed by atoms with Crippen LogP contribution in [0.5, 0.6) is 0 Å². The van der Waals surface area contributed by atoms with Gasteiger partial charge in [-0.05, 0) is 39.0 Å². The van der Waals surface area contributed by atoms with Gasteiger partial charge in [-0.25, -0.2) is 0 Å². The highest BCUT2D eigenvalue weighted by molar-refractivity contribution is 5.72. The minimum Gasteiger partial charge on any atom is -0.466 e. The van der Waals surface area contributed by atoms with Crippen molar-refractivity contribution < 1.29 is 19.0 Å². The molecule has 2 atom stereocenters. The monoisotopic (exact) mass is 272 g/mol. The van der Waals surface area contributed by atoms with Crippen LogP contribution in [0.15, 0.2) is 0 Å². The lowest BCUT2D eigenvalue weighted by Crippen LogP contribution is -2.31. The Labute approximate surface area is 116 Å². The standard InChI is InChI=1S/C15H28O4/c1-4-18-15(16)14(10-12(2)19-11-17-3)13-8-6-5-7-9-13/h12-14H,4-11H2,1-3H3. The van der Waals surface area contributed by atoms with Gasteiger partial charge in [-0.15, -0.1) is 0 Å². The van der Waals surface area contributed by atoms with E-state index in [2.05, 4.69) is 0 Å². The molecule has 0 spiro atoms. The van der Waals surface area contributed by atoms with E-state index in [-0.39, 0.29) is 24.8 Å². The Bertz CT molecular complexity index is 249. The number of rotatable bonds is 8. The van der Waals surface area contributed by atoms with Crippen LogP contribution in [0.3, 0.4) is 0 Å². The van der Waals surface area contributed by atoms with Gasteiger partial charge in [0.1, 0.15) is 6.79 Å². The second-order valence-corrected chi connectivity index (χ2v) is 5.38. The summed E-state index contributed by atoms with van der Waals surface area (Å²) in [4.78, 5) is 12.1. The number of hydrogen-bond acceptors (Lipinski definition) is 4. The molecule has 112 valence electrons. The molecule has 0 aliphatic heterocycles. The first-order chi connectivity index (χ1) is 9.19. The lowest BCUT2D eigenvalue weighted by molar-refractivity contribution is -0.153. The van der Waals surface area contributed by atoms with Gasteiger partial charge in [0.15, 0.2) is 0 Å². The minimum atomic E-state index is -0.0535. The van der Waals surface area contributed by atoms with Crippen molar-refractivity contribution in [2.45, 2.75) is 58.5 Å². The molecule has 4 nitrogen and oxygen atoms in total. The first kappa shape index (κ1) is 16.4. The maximum absolute atomic E-state index is 12.1. The van der Waals surface area contributed by atoms with E-state index in [4.69, 9.17) is 14.2 Å². The average Bonchev–Trinajstić information content (AvgIpc) is 2.43. The van der Waals surface area contributed by atoms with Crippen molar-refractivity contribution in [1.82, 2.24) is 0 Å². The predicted octanol–water partition coefficient (Wildman–Crippen LogP) is 3.15. The fourth-order valence-corrected chi connectivity index (χ4v) is 2.88. The van der Waals surface area contributed by atoms with Crippen LogP contribution in [0.4, 0.5) is 0 Å². The van der Waals surface area contributed by atoms with E-state index < -0.39 is 0 Å². The van der Waals surface area contributed by atoms with Gasteiger partial charge in [-0.1, -0.05) is 19.3 Å². The summed E-state index contributed by atoms with van der Waals surface area (Å²) in [5, 5.41) is 0. The molecule has 0 amide bonds. The first-order valence-electron chi connectivity index (χ1n) is 7.46. The Kier molecular flexibility index (Phi) is 8.07. The second kappa shape index (κ2) is 9.32. The van der Waals surface area contributed by atoms with Gasteiger partial charge in [0.25, 0.3) is 0 Å². The molecule has 0 heterocycles. The van der Waals surface area contributed by atoms with E-state index >= 15 is 0 Å². The molecular weight excluding hydrogens is 244 g/mol. The number of methoxy groups -OCH3 is 1. The Morgan fingerprint density at radius 3 is 2.53 bits per heavy atom. The van der Waals surface area contributed by atoms with Gasteiger partial charge in [0, 0.05) is 7.11 Å². The summed E-state index contributed by atoms with van der Waals surface area (Å²) in [6, 6.07) is 0. The summed E-state index contributed by atoms with van der Waals surface area (Å²) < 4.78 is 15.7. The summed E-state index contributed by atoms with van der Waals surface area (Å²) in [6.45, 7) is 4.59. The molecule has 19 heavy (non-hydrogen) atoms. The van der Waals surface area contributed by atoms with E-state index in [1.165, 1.54) is 19.3 Å². The van der Waals surface area contributed by atoms with Crippen molar-refractivity contribution in [3.8, 4) is 0 Å². The zero-order valence-electron chi connectivity index (χ0n) is 12.5. The third-order valence-corrected chi connectivity index (χ3v) is 3.86. The van der Waals surface area contributed by atoms with E-state index in [0.29, 0.717) is 12.5 Å². The van der Waals surface area contributed by atoms with Crippen molar-refractivity contribution in [1.29, 1.82) is 0 Å². The molecule has 0 N–H and O–H groups in total. The molecule has 1 fully saturated rings. The van der Waals surface area contributed by atoms with Gasteiger partial charge < -0.3 is 14.2 Å². The van der Waals surface area contributed by atoms with E-state index in [1.807, 2.05) is 13.8 Å². The van der Waals surface area contributed by atoms with Crippen molar-refractivity contribution in [2.24, 2.45) is 11.8 Å². The molecule has 0 radical (unpaired) electrons. The van der Waals surface area contributed by atoms with E-state index in [0.717, 1.165) is 19.3 Å². The lowest BCUT2D eigenvalue weighted by atomic mass is 9.78. The zero-order chi connectivity index (χ0) is 14.1. The van der Waals surface area contributed by atoms with Crippen LogP contribution in [-0.2, 0) is 19.0 Å². The number of carbonyl (C=O) groups excluding carboxylic acids is 1. The van der Waals surface area contributed by atoms with Gasteiger partial charge >= 0.3 is 5.97 Å². The molecule has 0 aromatic rings. The Balaban J connectivity index is 2.54. The minimum absolute atomic E-state index is 0.0212. The maximum Gasteiger partial charge on any atom is 0.309 e. The molecular formula is C15H28O4. The number of carbonyl (C=O) groups is 1. The van der Waals surface area contributed by atoms with Crippen LogP contribution in [0.25, 0.3) is 0 Å². The summed E-state index contributed by atoms with van der Waals surface area (Å²) in [6.07, 6.45) is 6.79. The van der Waals surface area contributed by atoms with Crippen molar-refractivity contribution in [3.63, 3.8) is 0 Å². The molecule has 1 rings (SSSR count). The first-order valence-corrected chi connectivity index (χ1v) is 7.46. The Hall–Kier alpha value is -0.610. The van der Waals surface area contributed by atoms with Crippen LogP contribution in [0, 0.1) is 11.8 Å². The quantitative estimate of drug-likeness (QED) is 0.503. The number of esters is 1. The van der Waals surface area contributed by atoms with Gasteiger partial charge in [-0.2, -0.15) is 0 Å². The highest BCUT2D eigenvalue weighted by Crippen LogP contribution is 2.33. The third kappa shape index (κ3) is 5.91. The van der Waals surface area contributed by atoms with Crippen molar-refractivity contribution >= 4 is 5.97 Å². The van der Waals surface area contributed by atoms with Crippen molar-refractivity contribution in [2.75, 3.05) is 20.5 Å². The maximum atomic E-state index is 12.1. The Morgan fingerprint density at radius 1 is 1.26 bits per heavy atom. The normalized spacial score (nSPS) is 19.9. The number of hydrogen-bond donors (Lipinski definition) is 0. The molecule has 1 aliphatic carbocycles. The third-order valence-electron chi connectivity index (χ3n) is 3.86. The fraction of sp³-hybridized carbons (Fsp3) is 0.933. The zero-order valence-corrected chi connectivity index (χ0v) is 12.5. The lowest BCUT2D eigenvalue weighted by Gasteiger charge is -2.30. The summed E-state index contributed by atoms with van der Waals surface area (Å²) in [5.41, 5.74) is 0. The SMILES string of the molecule is CCOC(=O)C(CC(C)OCOC)C1CCCCC1. The van der Waals surface area contributed by atoms with Gasteiger partial charge in [0.05, 0.1) is 18.6 Å². The topological polar surface area (TPSA) is 44.8 Å². The summed E-state index contributed by atoms with van der Waals surface area (Å²) >= 11 is 0. The molecule has 0 aromatic carbocycles. The van der Waals surface area contributed by atoms with E-state index in [1.54, 1.807) is 7.11 Å². The van der Waals surface area contributed by atoms with Crippen molar-refractivity contribution in [3.05, 3.63) is 0 Å². The fourth-order valence-electron chi connectivity index (χ4n) is 2.88. The molecule has 0 saturated heterocycles. The second-order valence-electron chi connectivity index (χ2n) is 5.38. The predicted molar refractivity (Wildman–Crippen MR) is 73.7 cm³/mol. The Morgan fingerprint density at radius 2 is 1.95 bits per heavy atom. The summed E-state index contributed by atoms with van der Waals surface area (Å²) in [7, 11) is 1.61. The van der Waals surface area contributed by atoms with Crippen LogP contribution < -0.4 is 0 Å². The average molecular weight is 272 g/mol. The molecule has 0 aromatic heterocycles. The molecule has 2 unspecified atom stereocenters. The highest BCUT2D eigenvalue weighted by atomic mass is 16.7. The van der Waals surface area contributed by atoms with Gasteiger partial charge in [-0.3, -0.25) is 4.79 Å². The van der Waals surface area contributed by atoms with Crippen LogP contribution >= 0.6 is 0 Å². The van der Waals surface area contributed by atoms with E-state index in [9.17, 15) is 4.79 Å².